The van der Waals surface area contributed by atoms with E-state index in [9.17, 15) is 23.2 Å². The van der Waals surface area contributed by atoms with E-state index in [-0.39, 0.29) is 54.7 Å². The lowest BCUT2D eigenvalue weighted by Crippen LogP contribution is -2.50. The molecular weight excluding hydrogens is 456 g/mol. The molecule has 7 nitrogen and oxygen atoms in total. The summed E-state index contributed by atoms with van der Waals surface area (Å²) in [4.78, 5) is 41.0. The van der Waals surface area contributed by atoms with Crippen molar-refractivity contribution in [1.82, 2.24) is 9.80 Å². The summed E-state index contributed by atoms with van der Waals surface area (Å²) in [6.45, 7) is 0.631. The van der Waals surface area contributed by atoms with Crippen LogP contribution in [0.1, 0.15) is 20.7 Å². The van der Waals surface area contributed by atoms with E-state index in [1.54, 1.807) is 41.3 Å². The van der Waals surface area contributed by atoms with Crippen molar-refractivity contribution in [3.8, 4) is 5.75 Å². The molecular formula is C26H23F2N3O4. The van der Waals surface area contributed by atoms with Crippen molar-refractivity contribution in [2.75, 3.05) is 38.1 Å². The largest absolute Gasteiger partial charge is 0.483 e. The van der Waals surface area contributed by atoms with Crippen LogP contribution in [-0.4, -0.2) is 60.3 Å². The number of halogens is 2. The summed E-state index contributed by atoms with van der Waals surface area (Å²) in [5.74, 6) is -2.23. The van der Waals surface area contributed by atoms with Gasteiger partial charge in [-0.05, 0) is 36.4 Å². The standard InChI is InChI=1S/C26H23F2N3O4/c27-20-9-3-1-7-18(20)25(33)30-13-15-31(16-14-30)26(34)19-8-2-6-12-23(19)35-17-24(32)29-22-11-5-4-10-21(22)28/h1-12H,13-17H2,(H,29,32). The zero-order valence-electron chi connectivity index (χ0n) is 18.7. The highest BCUT2D eigenvalue weighted by molar-refractivity contribution is 5.98. The Bertz CT molecular complexity index is 1240. The van der Waals surface area contributed by atoms with Gasteiger partial charge in [-0.15, -0.1) is 0 Å². The molecule has 180 valence electrons. The van der Waals surface area contributed by atoms with E-state index in [0.29, 0.717) is 0 Å². The maximum absolute atomic E-state index is 14.0. The molecule has 9 heteroatoms. The molecule has 0 aromatic heterocycles. The number of hydrogen-bond donors (Lipinski definition) is 1. The number of anilines is 1. The summed E-state index contributed by atoms with van der Waals surface area (Å²) >= 11 is 0. The van der Waals surface area contributed by atoms with Crippen LogP contribution in [0.3, 0.4) is 0 Å². The summed E-state index contributed by atoms with van der Waals surface area (Å²) < 4.78 is 33.3. The van der Waals surface area contributed by atoms with Crippen LogP contribution in [0.15, 0.2) is 72.8 Å². The molecule has 0 unspecified atom stereocenters. The molecule has 0 radical (unpaired) electrons. The number of carbonyl (C=O) groups is 3. The third kappa shape index (κ3) is 5.63. The molecule has 1 aliphatic rings. The molecule has 0 bridgehead atoms. The summed E-state index contributed by atoms with van der Waals surface area (Å²) in [5.41, 5.74) is 0.299. The first-order valence-corrected chi connectivity index (χ1v) is 11.0. The van der Waals surface area contributed by atoms with Crippen molar-refractivity contribution in [3.63, 3.8) is 0 Å². The van der Waals surface area contributed by atoms with Crippen molar-refractivity contribution in [2.45, 2.75) is 0 Å². The molecule has 1 fully saturated rings. The van der Waals surface area contributed by atoms with Crippen LogP contribution in [-0.2, 0) is 4.79 Å². The molecule has 0 aliphatic carbocycles. The third-order valence-electron chi connectivity index (χ3n) is 5.58. The molecule has 1 aliphatic heterocycles. The number of piperazine rings is 1. The number of para-hydroxylation sites is 2. The number of nitrogens with zero attached hydrogens (tertiary/aromatic N) is 2. The Morgan fingerprint density at radius 2 is 1.23 bits per heavy atom. The summed E-state index contributed by atoms with van der Waals surface area (Å²) in [5, 5.41) is 2.43. The summed E-state index contributed by atoms with van der Waals surface area (Å²) in [7, 11) is 0. The van der Waals surface area contributed by atoms with Crippen molar-refractivity contribution in [2.24, 2.45) is 0 Å². The Labute approximate surface area is 200 Å². The van der Waals surface area contributed by atoms with Gasteiger partial charge in [0, 0.05) is 26.2 Å². The van der Waals surface area contributed by atoms with E-state index in [1.807, 2.05) is 0 Å². The molecule has 1 heterocycles. The number of carbonyl (C=O) groups excluding carboxylic acids is 3. The highest BCUT2D eigenvalue weighted by Crippen LogP contribution is 2.22. The van der Waals surface area contributed by atoms with Gasteiger partial charge in [-0.3, -0.25) is 14.4 Å². The van der Waals surface area contributed by atoms with Gasteiger partial charge in [0.05, 0.1) is 16.8 Å². The van der Waals surface area contributed by atoms with Gasteiger partial charge in [-0.25, -0.2) is 8.78 Å². The number of ether oxygens (including phenoxy) is 1. The van der Waals surface area contributed by atoms with Crippen LogP contribution < -0.4 is 10.1 Å². The van der Waals surface area contributed by atoms with Gasteiger partial charge >= 0.3 is 0 Å². The molecule has 3 aromatic rings. The fourth-order valence-corrected chi connectivity index (χ4v) is 3.75. The maximum atomic E-state index is 14.0. The zero-order chi connectivity index (χ0) is 24.8. The Balaban J connectivity index is 1.36. The van der Waals surface area contributed by atoms with Gasteiger partial charge in [0.15, 0.2) is 6.61 Å². The lowest BCUT2D eigenvalue weighted by Gasteiger charge is -2.35. The van der Waals surface area contributed by atoms with Crippen molar-refractivity contribution < 1.29 is 27.9 Å². The van der Waals surface area contributed by atoms with Crippen molar-refractivity contribution >= 4 is 23.4 Å². The smallest absolute Gasteiger partial charge is 0.262 e. The Kier molecular flexibility index (Phi) is 7.35. The highest BCUT2D eigenvalue weighted by Gasteiger charge is 2.28. The molecule has 1 N–H and O–H groups in total. The van der Waals surface area contributed by atoms with Gasteiger partial charge in [-0.1, -0.05) is 36.4 Å². The van der Waals surface area contributed by atoms with Gasteiger partial charge < -0.3 is 19.9 Å². The normalized spacial score (nSPS) is 13.3. The van der Waals surface area contributed by atoms with E-state index >= 15 is 0 Å². The molecule has 3 amide bonds. The maximum Gasteiger partial charge on any atom is 0.262 e. The molecule has 0 spiro atoms. The van der Waals surface area contributed by atoms with Crippen LogP contribution in [0, 0.1) is 11.6 Å². The monoisotopic (exact) mass is 479 g/mol. The third-order valence-corrected chi connectivity index (χ3v) is 5.58. The first-order valence-electron chi connectivity index (χ1n) is 11.0. The quantitative estimate of drug-likeness (QED) is 0.586. The van der Waals surface area contributed by atoms with Gasteiger partial charge in [0.1, 0.15) is 17.4 Å². The number of hydrogen-bond acceptors (Lipinski definition) is 4. The average molecular weight is 479 g/mol. The minimum absolute atomic E-state index is 0.000294. The average Bonchev–Trinajstić information content (AvgIpc) is 2.88. The van der Waals surface area contributed by atoms with E-state index in [4.69, 9.17) is 4.74 Å². The minimum atomic E-state index is -0.582. The van der Waals surface area contributed by atoms with Gasteiger partial charge in [0.2, 0.25) is 0 Å². The molecule has 1 saturated heterocycles. The number of rotatable bonds is 6. The summed E-state index contributed by atoms with van der Waals surface area (Å²) in [6.07, 6.45) is 0. The molecule has 35 heavy (non-hydrogen) atoms. The molecule has 4 rings (SSSR count). The first-order chi connectivity index (χ1) is 16.9. The Morgan fingerprint density at radius 3 is 1.86 bits per heavy atom. The fraction of sp³-hybridized carbons (Fsp3) is 0.192. The van der Waals surface area contributed by atoms with Crippen molar-refractivity contribution in [1.29, 1.82) is 0 Å². The first kappa shape index (κ1) is 23.9. The lowest BCUT2D eigenvalue weighted by atomic mass is 10.1. The van der Waals surface area contributed by atoms with Crippen LogP contribution >= 0.6 is 0 Å². The second kappa shape index (κ2) is 10.8. The second-order valence-corrected chi connectivity index (χ2v) is 7.88. The van der Waals surface area contributed by atoms with E-state index in [2.05, 4.69) is 5.32 Å². The molecule has 3 aromatic carbocycles. The Hall–Kier alpha value is -4.27. The topological polar surface area (TPSA) is 79.0 Å². The highest BCUT2D eigenvalue weighted by atomic mass is 19.1. The minimum Gasteiger partial charge on any atom is -0.483 e. The lowest BCUT2D eigenvalue weighted by molar-refractivity contribution is -0.118. The van der Waals surface area contributed by atoms with Crippen LogP contribution in [0.4, 0.5) is 14.5 Å². The number of amides is 3. The van der Waals surface area contributed by atoms with Gasteiger partial charge in [0.25, 0.3) is 17.7 Å². The fourth-order valence-electron chi connectivity index (χ4n) is 3.75. The van der Waals surface area contributed by atoms with Crippen LogP contribution in [0.5, 0.6) is 5.75 Å². The predicted octanol–water partition coefficient (Wildman–Crippen LogP) is 3.58. The second-order valence-electron chi connectivity index (χ2n) is 7.88. The van der Waals surface area contributed by atoms with E-state index in [1.165, 1.54) is 41.3 Å². The molecule has 0 saturated carbocycles. The molecule has 0 atom stereocenters. The zero-order valence-corrected chi connectivity index (χ0v) is 18.7. The Morgan fingerprint density at radius 1 is 0.714 bits per heavy atom. The van der Waals surface area contributed by atoms with Crippen LogP contribution in [0.2, 0.25) is 0 Å². The van der Waals surface area contributed by atoms with Crippen molar-refractivity contribution in [3.05, 3.63) is 95.6 Å². The van der Waals surface area contributed by atoms with E-state index < -0.39 is 30.1 Å². The predicted molar refractivity (Wildman–Crippen MR) is 125 cm³/mol. The van der Waals surface area contributed by atoms with E-state index in [0.717, 1.165) is 0 Å². The SMILES string of the molecule is O=C(COc1ccccc1C(=O)N1CCN(C(=O)c2ccccc2F)CC1)Nc1ccccc1F. The van der Waals surface area contributed by atoms with Gasteiger partial charge in [-0.2, -0.15) is 0 Å². The number of benzene rings is 3. The van der Waals surface area contributed by atoms with Crippen LogP contribution in [0.25, 0.3) is 0 Å². The number of nitrogens with one attached hydrogen (secondary N) is 1. The summed E-state index contributed by atoms with van der Waals surface area (Å²) in [6, 6.07) is 18.1.